The van der Waals surface area contributed by atoms with Gasteiger partial charge in [0.05, 0.1) is 18.0 Å². The lowest BCUT2D eigenvalue weighted by atomic mass is 10.0. The molecule has 0 spiro atoms. The van der Waals surface area contributed by atoms with Crippen LogP contribution in [0.2, 0.25) is 5.02 Å². The summed E-state index contributed by atoms with van der Waals surface area (Å²) in [6.07, 6.45) is -0.255. The van der Waals surface area contributed by atoms with Crippen molar-refractivity contribution in [3.05, 3.63) is 64.2 Å². The highest BCUT2D eigenvalue weighted by Gasteiger charge is 2.29. The van der Waals surface area contributed by atoms with Crippen molar-refractivity contribution in [1.82, 2.24) is 9.62 Å². The highest BCUT2D eigenvalue weighted by atomic mass is 35.5. The van der Waals surface area contributed by atoms with Crippen LogP contribution in [0.4, 0.5) is 0 Å². The van der Waals surface area contributed by atoms with Crippen LogP contribution in [-0.4, -0.2) is 44.5 Å². The fourth-order valence-electron chi connectivity index (χ4n) is 3.34. The Morgan fingerprint density at radius 2 is 1.83 bits per heavy atom. The molecule has 8 heteroatoms. The van der Waals surface area contributed by atoms with Crippen LogP contribution in [0.1, 0.15) is 48.4 Å². The molecule has 1 fully saturated rings. The number of amides is 1. The summed E-state index contributed by atoms with van der Waals surface area (Å²) in [4.78, 5) is 15.0. The number of aryl methyl sites for hydroxylation is 1. The smallest absolute Gasteiger partial charge is 0.254 e. The van der Waals surface area contributed by atoms with Crippen molar-refractivity contribution in [2.24, 2.45) is 0 Å². The quantitative estimate of drug-likeness (QED) is 0.765. The van der Waals surface area contributed by atoms with Gasteiger partial charge in [0.1, 0.15) is 6.10 Å². The van der Waals surface area contributed by atoms with Gasteiger partial charge in [-0.2, -0.15) is 0 Å². The van der Waals surface area contributed by atoms with E-state index in [1.807, 2.05) is 12.1 Å². The molecule has 3 rings (SSSR count). The van der Waals surface area contributed by atoms with Crippen LogP contribution in [-0.2, 0) is 14.8 Å². The van der Waals surface area contributed by atoms with Gasteiger partial charge in [-0.1, -0.05) is 29.8 Å². The maximum atomic E-state index is 13.2. The van der Waals surface area contributed by atoms with E-state index < -0.39 is 15.6 Å². The Hall–Kier alpha value is -1.93. The Kier molecular flexibility index (Phi) is 6.57. The predicted molar refractivity (Wildman–Crippen MR) is 117 cm³/mol. The van der Waals surface area contributed by atoms with Gasteiger partial charge in [-0.05, 0) is 63.1 Å². The van der Waals surface area contributed by atoms with E-state index in [-0.39, 0.29) is 16.9 Å². The Balaban J connectivity index is 1.84. The normalized spacial score (nSPS) is 17.8. The van der Waals surface area contributed by atoms with E-state index in [1.54, 1.807) is 50.8 Å². The van der Waals surface area contributed by atoms with Crippen LogP contribution in [0.3, 0.4) is 0 Å². The third-order valence-electron chi connectivity index (χ3n) is 4.79. The Morgan fingerprint density at radius 3 is 2.47 bits per heavy atom. The Labute approximate surface area is 183 Å². The summed E-state index contributed by atoms with van der Waals surface area (Å²) in [5.41, 5.74) is 1.43. The van der Waals surface area contributed by atoms with Crippen molar-refractivity contribution in [3.63, 3.8) is 0 Å². The second kappa shape index (κ2) is 8.67. The number of morpholine rings is 1. The van der Waals surface area contributed by atoms with Gasteiger partial charge in [-0.15, -0.1) is 0 Å². The molecule has 1 N–H and O–H groups in total. The van der Waals surface area contributed by atoms with Gasteiger partial charge in [0.15, 0.2) is 0 Å². The molecule has 2 aromatic carbocycles. The van der Waals surface area contributed by atoms with E-state index in [1.165, 1.54) is 12.1 Å². The van der Waals surface area contributed by atoms with Crippen LogP contribution in [0.25, 0.3) is 0 Å². The van der Waals surface area contributed by atoms with E-state index in [9.17, 15) is 13.2 Å². The van der Waals surface area contributed by atoms with E-state index >= 15 is 0 Å². The summed E-state index contributed by atoms with van der Waals surface area (Å²) in [6, 6.07) is 12.0. The summed E-state index contributed by atoms with van der Waals surface area (Å²) in [5.74, 6) is -0.206. The van der Waals surface area contributed by atoms with E-state index in [4.69, 9.17) is 16.3 Å². The molecule has 6 nitrogen and oxygen atoms in total. The summed E-state index contributed by atoms with van der Waals surface area (Å²) in [7, 11) is -3.74. The van der Waals surface area contributed by atoms with E-state index in [0.717, 1.165) is 11.1 Å². The zero-order valence-electron chi connectivity index (χ0n) is 17.6. The minimum Gasteiger partial charge on any atom is -0.370 e. The number of benzene rings is 2. The summed E-state index contributed by atoms with van der Waals surface area (Å²) < 4.78 is 33.9. The van der Waals surface area contributed by atoms with E-state index in [0.29, 0.717) is 30.3 Å². The molecule has 1 unspecified atom stereocenters. The fraction of sp³-hybridized carbons (Fsp3) is 0.409. The first-order valence-electron chi connectivity index (χ1n) is 9.77. The number of ether oxygens (including phenoxy) is 1. The zero-order chi connectivity index (χ0) is 22.1. The Bertz CT molecular complexity index is 1030. The third kappa shape index (κ3) is 5.40. The second-order valence-electron chi connectivity index (χ2n) is 8.49. The minimum absolute atomic E-state index is 0.0777. The molecule has 0 saturated carbocycles. The van der Waals surface area contributed by atoms with Crippen molar-refractivity contribution in [1.29, 1.82) is 0 Å². The van der Waals surface area contributed by atoms with Crippen molar-refractivity contribution in [2.45, 2.75) is 44.2 Å². The molecule has 30 heavy (non-hydrogen) atoms. The molecule has 1 heterocycles. The topological polar surface area (TPSA) is 75.7 Å². The first-order chi connectivity index (χ1) is 14.0. The van der Waals surface area contributed by atoms with Gasteiger partial charge < -0.3 is 9.64 Å². The van der Waals surface area contributed by atoms with Crippen LogP contribution in [0.5, 0.6) is 0 Å². The molecule has 162 valence electrons. The van der Waals surface area contributed by atoms with Crippen LogP contribution < -0.4 is 4.72 Å². The average Bonchev–Trinajstić information content (AvgIpc) is 2.66. The molecule has 0 aromatic heterocycles. The maximum absolute atomic E-state index is 13.2. The molecule has 1 aliphatic heterocycles. The largest absolute Gasteiger partial charge is 0.370 e. The number of nitrogens with one attached hydrogen (secondary N) is 1. The van der Waals surface area contributed by atoms with Gasteiger partial charge in [0.2, 0.25) is 10.0 Å². The van der Waals surface area contributed by atoms with Gasteiger partial charge in [-0.25, -0.2) is 13.1 Å². The van der Waals surface area contributed by atoms with Gasteiger partial charge in [0.25, 0.3) is 5.91 Å². The highest BCUT2D eigenvalue weighted by molar-refractivity contribution is 7.89. The number of sulfonamides is 1. The monoisotopic (exact) mass is 450 g/mol. The molecule has 0 aliphatic carbocycles. The standard InChI is InChI=1S/C22H27ClN2O4S/c1-15-5-10-18(30(27,28)24-22(2,3)4)13-19(15)21(26)25-11-12-29-20(14-25)16-6-8-17(23)9-7-16/h5-10,13,20,24H,11-12,14H2,1-4H3. The molecule has 1 aliphatic rings. The molecule has 0 bridgehead atoms. The van der Waals surface area contributed by atoms with Gasteiger partial charge in [-0.3, -0.25) is 4.79 Å². The summed E-state index contributed by atoms with van der Waals surface area (Å²) in [6.45, 7) is 8.36. The number of carbonyl (C=O) groups excluding carboxylic acids is 1. The predicted octanol–water partition coefficient (Wildman–Crippen LogP) is 3.94. The van der Waals surface area contributed by atoms with Crippen molar-refractivity contribution < 1.29 is 17.9 Å². The second-order valence-corrected chi connectivity index (χ2v) is 10.6. The third-order valence-corrected chi connectivity index (χ3v) is 6.79. The number of halogens is 1. The minimum atomic E-state index is -3.74. The van der Waals surface area contributed by atoms with Crippen molar-refractivity contribution in [2.75, 3.05) is 19.7 Å². The van der Waals surface area contributed by atoms with E-state index in [2.05, 4.69) is 4.72 Å². The summed E-state index contributed by atoms with van der Waals surface area (Å²) in [5, 5.41) is 0.639. The Morgan fingerprint density at radius 1 is 1.17 bits per heavy atom. The molecule has 2 aromatic rings. The fourth-order valence-corrected chi connectivity index (χ4v) is 4.91. The molecule has 1 saturated heterocycles. The summed E-state index contributed by atoms with van der Waals surface area (Å²) >= 11 is 5.96. The van der Waals surface area contributed by atoms with Crippen LogP contribution in [0.15, 0.2) is 47.4 Å². The molecule has 0 radical (unpaired) electrons. The first kappa shape index (κ1) is 22.7. The molecular weight excluding hydrogens is 424 g/mol. The molecular formula is C22H27ClN2O4S. The van der Waals surface area contributed by atoms with Gasteiger partial charge >= 0.3 is 0 Å². The molecule has 1 atom stereocenters. The highest BCUT2D eigenvalue weighted by Crippen LogP contribution is 2.26. The number of hydrogen-bond acceptors (Lipinski definition) is 4. The van der Waals surface area contributed by atoms with Gasteiger partial charge in [0, 0.05) is 22.7 Å². The maximum Gasteiger partial charge on any atom is 0.254 e. The van der Waals surface area contributed by atoms with Crippen LogP contribution >= 0.6 is 11.6 Å². The SMILES string of the molecule is Cc1ccc(S(=O)(=O)NC(C)(C)C)cc1C(=O)N1CCOC(c2ccc(Cl)cc2)C1. The first-order valence-corrected chi connectivity index (χ1v) is 11.6. The number of nitrogens with zero attached hydrogens (tertiary/aromatic N) is 1. The zero-order valence-corrected chi connectivity index (χ0v) is 19.2. The molecule has 1 amide bonds. The lowest BCUT2D eigenvalue weighted by molar-refractivity contribution is -0.0228. The number of hydrogen-bond donors (Lipinski definition) is 1. The lowest BCUT2D eigenvalue weighted by Crippen LogP contribution is -2.43. The van der Waals surface area contributed by atoms with Crippen molar-refractivity contribution in [3.8, 4) is 0 Å². The number of carbonyl (C=O) groups is 1. The van der Waals surface area contributed by atoms with Crippen molar-refractivity contribution >= 4 is 27.5 Å². The average molecular weight is 451 g/mol. The van der Waals surface area contributed by atoms with Crippen LogP contribution in [0, 0.1) is 6.92 Å². The number of rotatable bonds is 4. The lowest BCUT2D eigenvalue weighted by Gasteiger charge is -2.33.